The van der Waals surface area contributed by atoms with E-state index in [4.69, 9.17) is 0 Å². The van der Waals surface area contributed by atoms with Gasteiger partial charge in [0.15, 0.2) is 0 Å². The summed E-state index contributed by atoms with van der Waals surface area (Å²) >= 11 is 7.33. The van der Waals surface area contributed by atoms with Gasteiger partial charge in [-0.25, -0.2) is 0 Å². The molecule has 0 saturated carbocycles. The summed E-state index contributed by atoms with van der Waals surface area (Å²) in [4.78, 5) is 1.40. The fourth-order valence-electron chi connectivity index (χ4n) is 1.20. The fourth-order valence-corrected chi connectivity index (χ4v) is 3.72. The second-order valence-corrected chi connectivity index (χ2v) is 7.06. The number of hydrogen-bond acceptors (Lipinski definition) is 3. The molecule has 92 valence electrons. The van der Waals surface area contributed by atoms with E-state index in [0.29, 0.717) is 0 Å². The van der Waals surface area contributed by atoms with E-state index in [1.807, 2.05) is 0 Å². The van der Waals surface area contributed by atoms with Gasteiger partial charge in [0, 0.05) is 33.6 Å². The first kappa shape index (κ1) is 14.6. The molecule has 0 amide bonds. The SMILES string of the molecule is CCC(C)CSCCNCc1cc(Br)cs1. The Morgan fingerprint density at radius 1 is 1.56 bits per heavy atom. The summed E-state index contributed by atoms with van der Waals surface area (Å²) in [6.45, 7) is 6.69. The van der Waals surface area contributed by atoms with Gasteiger partial charge in [-0.1, -0.05) is 20.3 Å². The molecule has 0 spiro atoms. The number of nitrogens with one attached hydrogen (secondary N) is 1. The molecule has 1 rings (SSSR count). The maximum atomic E-state index is 3.48. The molecule has 1 aromatic rings. The third kappa shape index (κ3) is 6.28. The van der Waals surface area contributed by atoms with Gasteiger partial charge >= 0.3 is 0 Å². The smallest absolute Gasteiger partial charge is 0.0300 e. The van der Waals surface area contributed by atoms with Crippen LogP contribution in [0.3, 0.4) is 0 Å². The molecule has 0 aliphatic rings. The molecule has 1 nitrogen and oxygen atoms in total. The van der Waals surface area contributed by atoms with Crippen LogP contribution in [-0.4, -0.2) is 18.1 Å². The summed E-state index contributed by atoms with van der Waals surface area (Å²) < 4.78 is 1.19. The lowest BCUT2D eigenvalue weighted by Crippen LogP contribution is -2.16. The van der Waals surface area contributed by atoms with Crippen LogP contribution in [0.5, 0.6) is 0 Å². The average Bonchev–Trinajstić information content (AvgIpc) is 2.69. The van der Waals surface area contributed by atoms with Gasteiger partial charge < -0.3 is 5.32 Å². The van der Waals surface area contributed by atoms with E-state index >= 15 is 0 Å². The summed E-state index contributed by atoms with van der Waals surface area (Å²) in [5.74, 6) is 3.37. The lowest BCUT2D eigenvalue weighted by molar-refractivity contribution is 0.636. The minimum Gasteiger partial charge on any atom is -0.311 e. The van der Waals surface area contributed by atoms with Crippen LogP contribution >= 0.6 is 39.0 Å². The van der Waals surface area contributed by atoms with Crippen LogP contribution in [0.4, 0.5) is 0 Å². The van der Waals surface area contributed by atoms with Gasteiger partial charge in [0.05, 0.1) is 0 Å². The number of thioether (sulfide) groups is 1. The monoisotopic (exact) mass is 321 g/mol. The van der Waals surface area contributed by atoms with Crippen LogP contribution < -0.4 is 5.32 Å². The molecular formula is C12H20BrNS2. The van der Waals surface area contributed by atoms with E-state index in [0.717, 1.165) is 19.0 Å². The third-order valence-corrected chi connectivity index (χ3v) is 5.44. The third-order valence-electron chi connectivity index (χ3n) is 2.44. The Morgan fingerprint density at radius 2 is 2.38 bits per heavy atom. The zero-order valence-electron chi connectivity index (χ0n) is 9.96. The van der Waals surface area contributed by atoms with Gasteiger partial charge in [-0.05, 0) is 33.7 Å². The van der Waals surface area contributed by atoms with Crippen molar-refractivity contribution < 1.29 is 0 Å². The lowest BCUT2D eigenvalue weighted by Gasteiger charge is -2.07. The van der Waals surface area contributed by atoms with Crippen molar-refractivity contribution in [3.63, 3.8) is 0 Å². The highest BCUT2D eigenvalue weighted by atomic mass is 79.9. The first-order chi connectivity index (χ1) is 7.72. The predicted molar refractivity (Wildman–Crippen MR) is 80.5 cm³/mol. The van der Waals surface area contributed by atoms with E-state index in [2.05, 4.69) is 58.3 Å². The Bertz CT molecular complexity index is 288. The van der Waals surface area contributed by atoms with Gasteiger partial charge in [-0.3, -0.25) is 0 Å². The van der Waals surface area contributed by atoms with Crippen molar-refractivity contribution in [3.8, 4) is 0 Å². The molecule has 0 saturated heterocycles. The first-order valence-electron chi connectivity index (χ1n) is 5.73. The summed E-state index contributed by atoms with van der Waals surface area (Å²) in [6.07, 6.45) is 1.30. The zero-order valence-corrected chi connectivity index (χ0v) is 13.2. The van der Waals surface area contributed by atoms with Crippen molar-refractivity contribution in [1.29, 1.82) is 0 Å². The molecule has 0 aromatic carbocycles. The van der Waals surface area contributed by atoms with Gasteiger partial charge in [0.2, 0.25) is 0 Å². The summed E-state index contributed by atoms with van der Waals surface area (Å²) in [7, 11) is 0. The van der Waals surface area contributed by atoms with Gasteiger partial charge in [0.25, 0.3) is 0 Å². The Morgan fingerprint density at radius 3 is 3.00 bits per heavy atom. The molecule has 0 aliphatic heterocycles. The molecule has 1 atom stereocenters. The van der Waals surface area contributed by atoms with E-state index in [-0.39, 0.29) is 0 Å². The van der Waals surface area contributed by atoms with Gasteiger partial charge in [-0.15, -0.1) is 11.3 Å². The average molecular weight is 322 g/mol. The molecule has 0 aliphatic carbocycles. The zero-order chi connectivity index (χ0) is 11.8. The summed E-state index contributed by atoms with van der Waals surface area (Å²) in [5, 5.41) is 5.61. The summed E-state index contributed by atoms with van der Waals surface area (Å²) in [6, 6.07) is 2.18. The Kier molecular flexibility index (Phi) is 7.79. The van der Waals surface area contributed by atoms with Crippen LogP contribution in [-0.2, 0) is 6.54 Å². The predicted octanol–water partition coefficient (Wildman–Crippen LogP) is 4.38. The van der Waals surface area contributed by atoms with Crippen molar-refractivity contribution >= 4 is 39.0 Å². The van der Waals surface area contributed by atoms with Crippen molar-refractivity contribution in [2.45, 2.75) is 26.8 Å². The maximum Gasteiger partial charge on any atom is 0.0300 e. The van der Waals surface area contributed by atoms with E-state index in [9.17, 15) is 0 Å². The standard InChI is InChI=1S/C12H20BrNS2/c1-3-10(2)8-15-5-4-14-7-12-6-11(13)9-16-12/h6,9-10,14H,3-5,7-8H2,1-2H3. The molecule has 1 heterocycles. The summed E-state index contributed by atoms with van der Waals surface area (Å²) in [5.41, 5.74) is 0. The van der Waals surface area contributed by atoms with E-state index < -0.39 is 0 Å². The number of rotatable bonds is 8. The quantitative estimate of drug-likeness (QED) is 0.713. The Hall–Kier alpha value is 0.490. The van der Waals surface area contributed by atoms with Crippen molar-refractivity contribution in [2.24, 2.45) is 5.92 Å². The topological polar surface area (TPSA) is 12.0 Å². The number of hydrogen-bond donors (Lipinski definition) is 1. The molecule has 4 heteroatoms. The van der Waals surface area contributed by atoms with Crippen LogP contribution in [0, 0.1) is 5.92 Å². The van der Waals surface area contributed by atoms with Crippen molar-refractivity contribution in [3.05, 3.63) is 20.8 Å². The fraction of sp³-hybridized carbons (Fsp3) is 0.667. The molecule has 0 radical (unpaired) electrons. The van der Waals surface area contributed by atoms with Crippen molar-refractivity contribution in [1.82, 2.24) is 5.32 Å². The Balaban J connectivity index is 1.96. The highest BCUT2D eigenvalue weighted by molar-refractivity contribution is 9.10. The van der Waals surface area contributed by atoms with Crippen LogP contribution in [0.15, 0.2) is 15.9 Å². The van der Waals surface area contributed by atoms with E-state index in [1.54, 1.807) is 11.3 Å². The largest absolute Gasteiger partial charge is 0.311 e. The highest BCUT2D eigenvalue weighted by Gasteiger charge is 1.99. The number of halogens is 1. The normalized spacial score (nSPS) is 12.9. The van der Waals surface area contributed by atoms with E-state index in [1.165, 1.54) is 27.3 Å². The van der Waals surface area contributed by atoms with Crippen LogP contribution in [0.2, 0.25) is 0 Å². The molecule has 1 aromatic heterocycles. The molecule has 0 fully saturated rings. The maximum absolute atomic E-state index is 3.48. The van der Waals surface area contributed by atoms with Crippen LogP contribution in [0.1, 0.15) is 25.1 Å². The highest BCUT2D eigenvalue weighted by Crippen LogP contribution is 2.19. The van der Waals surface area contributed by atoms with Crippen molar-refractivity contribution in [2.75, 3.05) is 18.1 Å². The second-order valence-electron chi connectivity index (χ2n) is 4.00. The molecule has 1 N–H and O–H groups in total. The second kappa shape index (κ2) is 8.56. The molecule has 1 unspecified atom stereocenters. The molecule has 0 bridgehead atoms. The van der Waals surface area contributed by atoms with Crippen LogP contribution in [0.25, 0.3) is 0 Å². The Labute approximate surface area is 116 Å². The minimum absolute atomic E-state index is 0.859. The van der Waals surface area contributed by atoms with Gasteiger partial charge in [0.1, 0.15) is 0 Å². The van der Waals surface area contributed by atoms with Gasteiger partial charge in [-0.2, -0.15) is 11.8 Å². The number of thiophene rings is 1. The first-order valence-corrected chi connectivity index (χ1v) is 8.56. The lowest BCUT2D eigenvalue weighted by atomic mass is 10.2. The molecular weight excluding hydrogens is 302 g/mol. The minimum atomic E-state index is 0.859. The molecule has 16 heavy (non-hydrogen) atoms.